The number of rotatable bonds is 1. The molecule has 0 atom stereocenters. The summed E-state index contributed by atoms with van der Waals surface area (Å²) in [7, 11) is 0. The van der Waals surface area contributed by atoms with Crippen LogP contribution in [0.4, 0.5) is 0 Å². The van der Waals surface area contributed by atoms with Gasteiger partial charge in [-0.05, 0) is 0 Å². The van der Waals surface area contributed by atoms with Gasteiger partial charge in [-0.2, -0.15) is 0 Å². The van der Waals surface area contributed by atoms with Crippen LogP contribution in [0.3, 0.4) is 0 Å². The molecule has 0 N–H and O–H groups in total. The Labute approximate surface area is 67.4 Å². The van der Waals surface area contributed by atoms with E-state index in [0.717, 1.165) is 0 Å². The molecular formula is C6H11BrSn. The Balaban J connectivity index is 2.13. The predicted octanol–water partition coefficient (Wildman–Crippen LogP) is 2.75. The maximum atomic E-state index is 3.68. The Morgan fingerprint density at radius 2 is 1.75 bits per heavy atom. The van der Waals surface area contributed by atoms with E-state index in [1.807, 2.05) is 0 Å². The van der Waals surface area contributed by atoms with Crippen molar-refractivity contribution in [3.8, 4) is 0 Å². The van der Waals surface area contributed by atoms with Crippen molar-refractivity contribution in [3.05, 3.63) is 0 Å². The summed E-state index contributed by atoms with van der Waals surface area (Å²) in [5.41, 5.74) is 0. The number of halogens is 1. The molecule has 2 radical (unpaired) electrons. The van der Waals surface area contributed by atoms with Gasteiger partial charge in [0.1, 0.15) is 0 Å². The van der Waals surface area contributed by atoms with Crippen molar-refractivity contribution in [2.45, 2.75) is 36.0 Å². The molecule has 1 aliphatic carbocycles. The topological polar surface area (TPSA) is 0 Å². The van der Waals surface area contributed by atoms with Gasteiger partial charge in [0, 0.05) is 0 Å². The van der Waals surface area contributed by atoms with E-state index in [1.165, 1.54) is 36.0 Å². The number of hydrogen-bond acceptors (Lipinski definition) is 0. The van der Waals surface area contributed by atoms with Crippen molar-refractivity contribution in [1.29, 1.82) is 0 Å². The van der Waals surface area contributed by atoms with Gasteiger partial charge < -0.3 is 0 Å². The fraction of sp³-hybridized carbons (Fsp3) is 1.00. The quantitative estimate of drug-likeness (QED) is 0.649. The van der Waals surface area contributed by atoms with Gasteiger partial charge in [-0.15, -0.1) is 0 Å². The summed E-state index contributed by atoms with van der Waals surface area (Å²) in [5.74, 6) is 0. The van der Waals surface area contributed by atoms with Gasteiger partial charge in [-0.25, -0.2) is 0 Å². The van der Waals surface area contributed by atoms with Crippen LogP contribution in [-0.4, -0.2) is 18.9 Å². The van der Waals surface area contributed by atoms with Crippen molar-refractivity contribution in [1.82, 2.24) is 0 Å². The molecule has 0 amide bonds. The van der Waals surface area contributed by atoms with Crippen molar-refractivity contribution < 1.29 is 0 Å². The molecule has 2 heteroatoms. The van der Waals surface area contributed by atoms with E-state index < -0.39 is 0 Å². The minimum atomic E-state index is -0.0541. The first-order chi connectivity index (χ1) is 3.93. The second kappa shape index (κ2) is 4.15. The summed E-state index contributed by atoms with van der Waals surface area (Å²) in [6.45, 7) is 0. The third-order valence-electron chi connectivity index (χ3n) is 1.76. The first-order valence-corrected chi connectivity index (χ1v) is 11.3. The molecule has 0 saturated heterocycles. The summed E-state index contributed by atoms with van der Waals surface area (Å²) >= 11 is 3.63. The molecule has 0 aromatic heterocycles. The van der Waals surface area contributed by atoms with E-state index in [9.17, 15) is 0 Å². The van der Waals surface area contributed by atoms with Crippen molar-refractivity contribution in [3.63, 3.8) is 0 Å². The molecule has 1 saturated carbocycles. The molecule has 1 rings (SSSR count). The van der Waals surface area contributed by atoms with E-state index in [-0.39, 0.29) is 18.9 Å². The Bertz CT molecular complexity index is 59.5. The van der Waals surface area contributed by atoms with Gasteiger partial charge in [0.05, 0.1) is 0 Å². The zero-order valence-corrected chi connectivity index (χ0v) is 9.43. The van der Waals surface area contributed by atoms with Gasteiger partial charge in [-0.3, -0.25) is 0 Å². The molecule has 1 aliphatic rings. The second-order valence-electron chi connectivity index (χ2n) is 2.44. The van der Waals surface area contributed by atoms with E-state index in [1.54, 1.807) is 0 Å². The Kier molecular flexibility index (Phi) is 3.83. The predicted molar refractivity (Wildman–Crippen MR) is 41.5 cm³/mol. The molecule has 1 fully saturated rings. The van der Waals surface area contributed by atoms with Gasteiger partial charge in [0.25, 0.3) is 0 Å². The van der Waals surface area contributed by atoms with Crippen LogP contribution < -0.4 is 0 Å². The molecule has 46 valence electrons. The summed E-state index contributed by atoms with van der Waals surface area (Å²) in [6.07, 6.45) is 7.60. The number of hydrogen-bond donors (Lipinski definition) is 0. The summed E-state index contributed by atoms with van der Waals surface area (Å²) in [4.78, 5) is 0. The SMILES string of the molecule is [Br][Sn][CH]1CCCCC1. The average molecular weight is 282 g/mol. The van der Waals surface area contributed by atoms with Crippen LogP contribution in [0.1, 0.15) is 32.1 Å². The summed E-state index contributed by atoms with van der Waals surface area (Å²) in [5, 5.41) is 0. The molecular weight excluding hydrogens is 271 g/mol. The van der Waals surface area contributed by atoms with Gasteiger partial charge in [-0.1, -0.05) is 0 Å². The van der Waals surface area contributed by atoms with Gasteiger partial charge >= 0.3 is 67.7 Å². The Morgan fingerprint density at radius 1 is 1.12 bits per heavy atom. The fourth-order valence-corrected chi connectivity index (χ4v) is 6.07. The molecule has 0 aromatic rings. The molecule has 0 aliphatic heterocycles. The maximum absolute atomic E-state index is 3.68. The van der Waals surface area contributed by atoms with E-state index in [2.05, 4.69) is 12.7 Å². The zero-order valence-electron chi connectivity index (χ0n) is 4.99. The van der Waals surface area contributed by atoms with Crippen LogP contribution in [0, 0.1) is 0 Å². The normalized spacial score (nSPS) is 23.6. The van der Waals surface area contributed by atoms with E-state index in [4.69, 9.17) is 0 Å². The first-order valence-electron chi connectivity index (χ1n) is 3.29. The molecule has 0 unspecified atom stereocenters. The average Bonchev–Trinajstić information content (AvgIpc) is 1.90. The fourth-order valence-electron chi connectivity index (χ4n) is 1.21. The van der Waals surface area contributed by atoms with Crippen molar-refractivity contribution in [2.24, 2.45) is 0 Å². The van der Waals surface area contributed by atoms with Crippen molar-refractivity contribution in [2.75, 3.05) is 0 Å². The molecule has 0 nitrogen and oxygen atoms in total. The van der Waals surface area contributed by atoms with E-state index in [0.29, 0.717) is 0 Å². The third kappa shape index (κ3) is 2.26. The zero-order chi connectivity index (χ0) is 5.82. The van der Waals surface area contributed by atoms with Gasteiger partial charge in [0.2, 0.25) is 0 Å². The van der Waals surface area contributed by atoms with Crippen LogP contribution in [-0.2, 0) is 0 Å². The monoisotopic (exact) mass is 282 g/mol. The van der Waals surface area contributed by atoms with Crippen LogP contribution in [0.15, 0.2) is 0 Å². The third-order valence-corrected chi connectivity index (χ3v) is 8.63. The van der Waals surface area contributed by atoms with Gasteiger partial charge in [0.15, 0.2) is 0 Å². The van der Waals surface area contributed by atoms with Crippen molar-refractivity contribution >= 4 is 31.6 Å². The second-order valence-corrected chi connectivity index (χ2v) is 8.47. The Hall–Kier alpha value is 1.28. The van der Waals surface area contributed by atoms with Crippen LogP contribution >= 0.6 is 12.7 Å². The van der Waals surface area contributed by atoms with Crippen LogP contribution in [0.5, 0.6) is 0 Å². The Morgan fingerprint density at radius 3 is 2.12 bits per heavy atom. The van der Waals surface area contributed by atoms with E-state index >= 15 is 0 Å². The summed E-state index contributed by atoms with van der Waals surface area (Å²) < 4.78 is 1.17. The molecule has 0 heterocycles. The molecule has 8 heavy (non-hydrogen) atoms. The molecule has 0 bridgehead atoms. The molecule has 0 spiro atoms. The first kappa shape index (κ1) is 7.39. The van der Waals surface area contributed by atoms with Crippen LogP contribution in [0.2, 0.25) is 3.93 Å². The standard InChI is InChI=1S/C6H11.BrH.Sn/c1-2-4-6-5-3-1;;/h1H,2-6H2;1H;/q;;+1/p-1. The minimum absolute atomic E-state index is 0.0541. The van der Waals surface area contributed by atoms with Crippen LogP contribution in [0.25, 0.3) is 0 Å². The molecule has 0 aromatic carbocycles. The summed E-state index contributed by atoms with van der Waals surface area (Å²) in [6, 6.07) is 0.